The quantitative estimate of drug-likeness (QED) is 0.638. The first-order chi connectivity index (χ1) is 13.0. The standard InChI is InChI=1S/C17H11F3N4O3/c18-10-6-21-17(22-8-2-1-3-9(25)4-8)24-16(10)23-11-5-12-13(19)14(20)15(11)27-7-26-12/h1-6,25H,7H2,(H2,21,22,23,24). The fourth-order valence-corrected chi connectivity index (χ4v) is 2.43. The zero-order valence-corrected chi connectivity index (χ0v) is 13.5. The number of ether oxygens (including phenoxy) is 2. The van der Waals surface area contributed by atoms with E-state index in [-0.39, 0.29) is 35.7 Å². The summed E-state index contributed by atoms with van der Waals surface area (Å²) in [6.07, 6.45) is 0.901. The van der Waals surface area contributed by atoms with Gasteiger partial charge in [0, 0.05) is 17.8 Å². The van der Waals surface area contributed by atoms with Crippen LogP contribution >= 0.6 is 0 Å². The molecule has 7 nitrogen and oxygen atoms in total. The summed E-state index contributed by atoms with van der Waals surface area (Å²) in [5.41, 5.74) is 0.417. The van der Waals surface area contributed by atoms with Crippen molar-refractivity contribution < 1.29 is 27.8 Å². The van der Waals surface area contributed by atoms with E-state index in [4.69, 9.17) is 9.47 Å². The second-order valence-corrected chi connectivity index (χ2v) is 5.48. The summed E-state index contributed by atoms with van der Waals surface area (Å²) in [5.74, 6) is -4.35. The van der Waals surface area contributed by atoms with E-state index in [1.165, 1.54) is 12.1 Å². The van der Waals surface area contributed by atoms with Gasteiger partial charge in [-0.25, -0.2) is 9.37 Å². The van der Waals surface area contributed by atoms with Gasteiger partial charge in [0.2, 0.25) is 24.4 Å². The number of phenolic OH excluding ortho intramolecular Hbond substituents is 1. The van der Waals surface area contributed by atoms with E-state index in [0.29, 0.717) is 5.69 Å². The van der Waals surface area contributed by atoms with Crippen LogP contribution in [0.2, 0.25) is 0 Å². The molecule has 0 amide bonds. The van der Waals surface area contributed by atoms with E-state index in [9.17, 15) is 18.3 Å². The van der Waals surface area contributed by atoms with Crippen molar-refractivity contribution >= 4 is 23.1 Å². The summed E-state index contributed by atoms with van der Waals surface area (Å²) in [7, 11) is 0. The van der Waals surface area contributed by atoms with Gasteiger partial charge in [0.25, 0.3) is 0 Å². The summed E-state index contributed by atoms with van der Waals surface area (Å²) in [5, 5.41) is 14.8. The third kappa shape index (κ3) is 3.24. The average molecular weight is 376 g/mol. The normalized spacial score (nSPS) is 12.1. The lowest BCUT2D eigenvalue weighted by Gasteiger charge is -2.12. The van der Waals surface area contributed by atoms with Crippen molar-refractivity contribution in [2.45, 2.75) is 0 Å². The molecular formula is C17H11F3N4O3. The molecule has 2 bridgehead atoms. The molecule has 138 valence electrons. The number of fused-ring (bicyclic) bond motifs is 4. The molecule has 10 heteroatoms. The Balaban J connectivity index is 1.65. The van der Waals surface area contributed by atoms with Crippen LogP contribution in [0.5, 0.6) is 17.2 Å². The number of aromatic nitrogens is 2. The van der Waals surface area contributed by atoms with Gasteiger partial charge in [-0.05, 0) is 12.1 Å². The molecule has 0 unspecified atom stereocenters. The Hall–Kier alpha value is -3.69. The van der Waals surface area contributed by atoms with Gasteiger partial charge in [-0.1, -0.05) is 6.07 Å². The van der Waals surface area contributed by atoms with Gasteiger partial charge in [0.1, 0.15) is 5.75 Å². The number of benzene rings is 2. The highest BCUT2D eigenvalue weighted by Crippen LogP contribution is 2.39. The SMILES string of the molecule is Oc1cccc(Nc2ncc(F)c(Nc3cc4c(F)c(F)c3OCO4)n2)c1. The van der Waals surface area contributed by atoms with Crippen molar-refractivity contribution in [3.63, 3.8) is 0 Å². The molecule has 0 fully saturated rings. The first-order valence-corrected chi connectivity index (χ1v) is 7.64. The van der Waals surface area contributed by atoms with E-state index < -0.39 is 23.2 Å². The van der Waals surface area contributed by atoms with Crippen LogP contribution in [0.1, 0.15) is 0 Å². The monoisotopic (exact) mass is 376 g/mol. The van der Waals surface area contributed by atoms with Crippen molar-refractivity contribution in [1.82, 2.24) is 9.97 Å². The Morgan fingerprint density at radius 3 is 2.70 bits per heavy atom. The molecule has 0 aliphatic carbocycles. The molecule has 0 radical (unpaired) electrons. The minimum atomic E-state index is -1.25. The van der Waals surface area contributed by atoms with E-state index in [1.807, 2.05) is 0 Å². The van der Waals surface area contributed by atoms with Gasteiger partial charge in [0.15, 0.2) is 23.1 Å². The summed E-state index contributed by atoms with van der Waals surface area (Å²) >= 11 is 0. The van der Waals surface area contributed by atoms with Crippen molar-refractivity contribution in [1.29, 1.82) is 0 Å². The fraction of sp³-hybridized carbons (Fsp3) is 0.0588. The fourth-order valence-electron chi connectivity index (χ4n) is 2.43. The highest BCUT2D eigenvalue weighted by atomic mass is 19.2. The summed E-state index contributed by atoms with van der Waals surface area (Å²) < 4.78 is 51.7. The number of anilines is 4. The van der Waals surface area contributed by atoms with E-state index in [1.54, 1.807) is 12.1 Å². The van der Waals surface area contributed by atoms with Crippen LogP contribution in [-0.2, 0) is 0 Å². The molecule has 3 N–H and O–H groups in total. The highest BCUT2D eigenvalue weighted by molar-refractivity contribution is 5.68. The lowest BCUT2D eigenvalue weighted by Crippen LogP contribution is -2.05. The molecule has 0 saturated carbocycles. The molecule has 0 atom stereocenters. The molecule has 5 rings (SSSR count). The van der Waals surface area contributed by atoms with Crippen LogP contribution in [-0.4, -0.2) is 21.9 Å². The minimum Gasteiger partial charge on any atom is -0.508 e. The molecule has 3 heterocycles. The first kappa shape index (κ1) is 16.8. The van der Waals surface area contributed by atoms with Crippen molar-refractivity contribution in [2.75, 3.05) is 17.4 Å². The van der Waals surface area contributed by atoms with E-state index >= 15 is 0 Å². The van der Waals surface area contributed by atoms with Crippen LogP contribution in [0.4, 0.5) is 36.3 Å². The largest absolute Gasteiger partial charge is 0.508 e. The number of nitrogens with one attached hydrogen (secondary N) is 2. The Morgan fingerprint density at radius 2 is 1.89 bits per heavy atom. The van der Waals surface area contributed by atoms with Gasteiger partial charge in [0.05, 0.1) is 11.9 Å². The molecular weight excluding hydrogens is 365 g/mol. The summed E-state index contributed by atoms with van der Waals surface area (Å²) in [4.78, 5) is 7.77. The number of hydrogen-bond donors (Lipinski definition) is 3. The second-order valence-electron chi connectivity index (χ2n) is 5.48. The van der Waals surface area contributed by atoms with Gasteiger partial charge in [-0.2, -0.15) is 13.8 Å². The highest BCUT2D eigenvalue weighted by Gasteiger charge is 2.25. The topological polar surface area (TPSA) is 88.5 Å². The average Bonchev–Trinajstić information content (AvgIpc) is 2.92. The van der Waals surface area contributed by atoms with Gasteiger partial charge in [-0.15, -0.1) is 0 Å². The van der Waals surface area contributed by atoms with Crippen molar-refractivity contribution in [3.8, 4) is 17.2 Å². The van der Waals surface area contributed by atoms with Crippen molar-refractivity contribution in [3.05, 3.63) is 54.0 Å². The number of rotatable bonds is 4. The predicted octanol–water partition coefficient (Wildman–Crippen LogP) is 3.82. The van der Waals surface area contributed by atoms with E-state index in [2.05, 4.69) is 20.6 Å². The maximum absolute atomic E-state index is 14.1. The number of halogens is 3. The van der Waals surface area contributed by atoms with Crippen LogP contribution in [0.3, 0.4) is 0 Å². The molecule has 0 spiro atoms. The Kier molecular flexibility index (Phi) is 4.07. The number of nitrogens with zero attached hydrogens (tertiary/aromatic N) is 2. The Morgan fingerprint density at radius 1 is 1.04 bits per heavy atom. The molecule has 1 aromatic heterocycles. The van der Waals surface area contributed by atoms with Crippen LogP contribution < -0.4 is 20.1 Å². The predicted molar refractivity (Wildman–Crippen MR) is 89.1 cm³/mol. The van der Waals surface area contributed by atoms with Gasteiger partial charge in [-0.3, -0.25) is 0 Å². The summed E-state index contributed by atoms with van der Waals surface area (Å²) in [6, 6.07) is 7.29. The number of hydrogen-bond acceptors (Lipinski definition) is 7. The second kappa shape index (κ2) is 6.56. The van der Waals surface area contributed by atoms with Crippen LogP contribution in [0.15, 0.2) is 36.5 Å². The molecule has 27 heavy (non-hydrogen) atoms. The number of aromatic hydroxyl groups is 1. The molecule has 2 aliphatic rings. The Labute approximate surface area is 150 Å². The van der Waals surface area contributed by atoms with E-state index in [0.717, 1.165) is 12.3 Å². The Bertz CT molecular complexity index is 1030. The zero-order chi connectivity index (χ0) is 19.0. The van der Waals surface area contributed by atoms with Crippen molar-refractivity contribution in [2.24, 2.45) is 0 Å². The smallest absolute Gasteiger partial charge is 0.231 e. The first-order valence-electron chi connectivity index (χ1n) is 7.64. The zero-order valence-electron chi connectivity index (χ0n) is 13.5. The van der Waals surface area contributed by atoms with Gasteiger partial charge >= 0.3 is 0 Å². The molecule has 0 saturated heterocycles. The van der Waals surface area contributed by atoms with Crippen LogP contribution in [0, 0.1) is 17.5 Å². The lowest BCUT2D eigenvalue weighted by atomic mass is 10.2. The molecule has 3 aromatic rings. The third-order valence-corrected chi connectivity index (χ3v) is 3.65. The maximum atomic E-state index is 14.1. The lowest BCUT2D eigenvalue weighted by molar-refractivity contribution is 0.123. The number of phenols is 1. The summed E-state index contributed by atoms with van der Waals surface area (Å²) in [6.45, 7) is -0.385. The third-order valence-electron chi connectivity index (χ3n) is 3.65. The minimum absolute atomic E-state index is 0.0147. The van der Waals surface area contributed by atoms with Gasteiger partial charge < -0.3 is 25.2 Å². The van der Waals surface area contributed by atoms with Crippen LogP contribution in [0.25, 0.3) is 0 Å². The maximum Gasteiger partial charge on any atom is 0.231 e. The molecule has 2 aliphatic heterocycles. The molecule has 2 aromatic carbocycles.